The first-order valence-electron chi connectivity index (χ1n) is 9.68. The Morgan fingerprint density at radius 3 is 2.73 bits per heavy atom. The number of hydrogen-bond donors (Lipinski definition) is 1. The SMILES string of the molecule is CSc1ccccc1-c1ccc2c(c1COc1cc(F)ccc1C)N(C)C(=O)CN2. The minimum atomic E-state index is -0.340. The number of nitrogens with zero attached hydrogens (tertiary/aromatic N) is 1. The molecule has 4 rings (SSSR count). The lowest BCUT2D eigenvalue weighted by molar-refractivity contribution is -0.116. The smallest absolute Gasteiger partial charge is 0.246 e. The molecule has 6 heteroatoms. The third kappa shape index (κ3) is 3.75. The van der Waals surface area contributed by atoms with Gasteiger partial charge in [0.15, 0.2) is 0 Å². The summed E-state index contributed by atoms with van der Waals surface area (Å²) < 4.78 is 19.8. The molecule has 1 aliphatic heterocycles. The summed E-state index contributed by atoms with van der Waals surface area (Å²) in [6.07, 6.45) is 2.04. The van der Waals surface area contributed by atoms with Gasteiger partial charge in [-0.3, -0.25) is 4.79 Å². The molecule has 1 aliphatic rings. The number of carbonyl (C=O) groups excluding carboxylic acids is 1. The second-order valence-corrected chi connectivity index (χ2v) is 8.04. The van der Waals surface area contributed by atoms with Gasteiger partial charge < -0.3 is 15.0 Å². The van der Waals surface area contributed by atoms with Crippen molar-refractivity contribution in [2.24, 2.45) is 0 Å². The average molecular weight is 423 g/mol. The normalized spacial score (nSPS) is 13.1. The van der Waals surface area contributed by atoms with E-state index in [1.807, 2.05) is 31.4 Å². The summed E-state index contributed by atoms with van der Waals surface area (Å²) in [5, 5.41) is 3.20. The number of amides is 1. The third-order valence-corrected chi connectivity index (χ3v) is 6.14. The zero-order valence-electron chi connectivity index (χ0n) is 17.2. The Morgan fingerprint density at radius 2 is 1.93 bits per heavy atom. The molecule has 0 spiro atoms. The Bertz CT molecular complexity index is 1120. The van der Waals surface area contributed by atoms with Gasteiger partial charge in [0.2, 0.25) is 5.91 Å². The Morgan fingerprint density at radius 1 is 1.13 bits per heavy atom. The number of aryl methyl sites for hydroxylation is 1. The van der Waals surface area contributed by atoms with Gasteiger partial charge in [-0.25, -0.2) is 4.39 Å². The lowest BCUT2D eigenvalue weighted by Gasteiger charge is -2.31. The van der Waals surface area contributed by atoms with Gasteiger partial charge in [-0.15, -0.1) is 11.8 Å². The maximum absolute atomic E-state index is 13.8. The van der Waals surface area contributed by atoms with E-state index in [9.17, 15) is 9.18 Å². The summed E-state index contributed by atoms with van der Waals surface area (Å²) in [4.78, 5) is 15.2. The van der Waals surface area contributed by atoms with Crippen LogP contribution in [0, 0.1) is 12.7 Å². The molecule has 0 atom stereocenters. The monoisotopic (exact) mass is 422 g/mol. The number of thioether (sulfide) groups is 1. The highest BCUT2D eigenvalue weighted by Crippen LogP contribution is 2.42. The van der Waals surface area contributed by atoms with E-state index in [1.165, 1.54) is 12.1 Å². The van der Waals surface area contributed by atoms with E-state index in [0.29, 0.717) is 5.75 Å². The molecule has 0 saturated heterocycles. The van der Waals surface area contributed by atoms with Crippen LogP contribution in [0.25, 0.3) is 11.1 Å². The quantitative estimate of drug-likeness (QED) is 0.552. The van der Waals surface area contributed by atoms with Crippen molar-refractivity contribution < 1.29 is 13.9 Å². The number of halogens is 1. The number of fused-ring (bicyclic) bond motifs is 1. The van der Waals surface area contributed by atoms with Crippen LogP contribution in [-0.4, -0.2) is 25.8 Å². The number of nitrogens with one attached hydrogen (secondary N) is 1. The zero-order valence-corrected chi connectivity index (χ0v) is 18.0. The molecule has 30 heavy (non-hydrogen) atoms. The van der Waals surface area contributed by atoms with Crippen LogP contribution < -0.4 is 15.0 Å². The Kier molecular flexibility index (Phi) is 5.68. The van der Waals surface area contributed by atoms with E-state index < -0.39 is 0 Å². The van der Waals surface area contributed by atoms with Gasteiger partial charge in [-0.05, 0) is 48.1 Å². The fourth-order valence-corrected chi connectivity index (χ4v) is 4.33. The molecule has 3 aromatic carbocycles. The number of ether oxygens (including phenoxy) is 1. The van der Waals surface area contributed by atoms with Crippen LogP contribution in [0.2, 0.25) is 0 Å². The predicted octanol–water partition coefficient (Wildman–Crippen LogP) is 5.49. The van der Waals surface area contributed by atoms with Crippen LogP contribution in [0.3, 0.4) is 0 Å². The number of likely N-dealkylation sites (N-methyl/N-ethyl adjacent to an activating group) is 1. The molecule has 1 amide bonds. The standard InChI is InChI=1S/C24H23FN2O2S/c1-15-8-9-16(25)12-21(15)29-14-19-17(18-6-4-5-7-22(18)30-3)10-11-20-24(19)27(2)23(28)13-26-20/h4-12,26H,13-14H2,1-3H3. The van der Waals surface area contributed by atoms with Crippen molar-refractivity contribution in [3.05, 3.63) is 71.5 Å². The lowest BCUT2D eigenvalue weighted by Crippen LogP contribution is -2.37. The minimum Gasteiger partial charge on any atom is -0.488 e. The van der Waals surface area contributed by atoms with Crippen molar-refractivity contribution in [1.82, 2.24) is 0 Å². The van der Waals surface area contributed by atoms with Gasteiger partial charge in [-0.2, -0.15) is 0 Å². The van der Waals surface area contributed by atoms with Gasteiger partial charge in [0.25, 0.3) is 0 Å². The molecule has 4 nitrogen and oxygen atoms in total. The average Bonchev–Trinajstić information content (AvgIpc) is 2.76. The third-order valence-electron chi connectivity index (χ3n) is 5.34. The first kappa shape index (κ1) is 20.3. The number of hydrogen-bond acceptors (Lipinski definition) is 4. The van der Waals surface area contributed by atoms with Gasteiger partial charge in [0, 0.05) is 23.6 Å². The zero-order chi connectivity index (χ0) is 21.3. The molecule has 154 valence electrons. The second kappa shape index (κ2) is 8.40. The van der Waals surface area contributed by atoms with Crippen molar-refractivity contribution >= 4 is 29.0 Å². The predicted molar refractivity (Wildman–Crippen MR) is 121 cm³/mol. The van der Waals surface area contributed by atoms with Crippen LogP contribution in [0.5, 0.6) is 5.75 Å². The Hall–Kier alpha value is -2.99. The highest BCUT2D eigenvalue weighted by molar-refractivity contribution is 7.98. The van der Waals surface area contributed by atoms with E-state index in [4.69, 9.17) is 4.74 Å². The highest BCUT2D eigenvalue weighted by atomic mass is 32.2. The summed E-state index contributed by atoms with van der Waals surface area (Å²) in [7, 11) is 1.78. The summed E-state index contributed by atoms with van der Waals surface area (Å²) in [5.74, 6) is 0.142. The Labute approximate surface area is 180 Å². The molecule has 0 saturated carbocycles. The molecular weight excluding hydrogens is 399 g/mol. The van der Waals surface area contributed by atoms with E-state index >= 15 is 0 Å². The molecule has 0 fully saturated rings. The molecule has 1 N–H and O–H groups in total. The van der Waals surface area contributed by atoms with Crippen molar-refractivity contribution in [1.29, 1.82) is 0 Å². The van der Waals surface area contributed by atoms with Gasteiger partial charge in [-0.1, -0.05) is 30.3 Å². The molecule has 0 aliphatic carbocycles. The van der Waals surface area contributed by atoms with Crippen molar-refractivity contribution in [3.63, 3.8) is 0 Å². The molecular formula is C24H23FN2O2S. The summed E-state index contributed by atoms with van der Waals surface area (Å²) in [6, 6.07) is 16.7. The van der Waals surface area contributed by atoms with E-state index in [1.54, 1.807) is 29.8 Å². The molecule has 3 aromatic rings. The first-order chi connectivity index (χ1) is 14.5. The summed E-state index contributed by atoms with van der Waals surface area (Å²) in [6.45, 7) is 2.36. The van der Waals surface area contributed by atoms with Gasteiger partial charge in [0.1, 0.15) is 18.2 Å². The Balaban J connectivity index is 1.85. The van der Waals surface area contributed by atoms with Crippen molar-refractivity contribution in [2.75, 3.05) is 30.1 Å². The van der Waals surface area contributed by atoms with Crippen LogP contribution in [-0.2, 0) is 11.4 Å². The van der Waals surface area contributed by atoms with Crippen molar-refractivity contribution in [3.8, 4) is 16.9 Å². The van der Waals surface area contributed by atoms with Gasteiger partial charge >= 0.3 is 0 Å². The fraction of sp³-hybridized carbons (Fsp3) is 0.208. The van der Waals surface area contributed by atoms with Crippen LogP contribution in [0.4, 0.5) is 15.8 Å². The number of rotatable bonds is 5. The fourth-order valence-electron chi connectivity index (χ4n) is 3.72. The molecule has 1 heterocycles. The molecule has 0 unspecified atom stereocenters. The van der Waals surface area contributed by atoms with E-state index in [0.717, 1.165) is 38.5 Å². The van der Waals surface area contributed by atoms with Crippen LogP contribution in [0.15, 0.2) is 59.5 Å². The van der Waals surface area contributed by atoms with E-state index in [-0.39, 0.29) is 24.9 Å². The largest absolute Gasteiger partial charge is 0.488 e. The second-order valence-electron chi connectivity index (χ2n) is 7.19. The summed E-state index contributed by atoms with van der Waals surface area (Å²) in [5.41, 5.74) is 5.51. The minimum absolute atomic E-state index is 0.0130. The maximum Gasteiger partial charge on any atom is 0.246 e. The van der Waals surface area contributed by atoms with Crippen LogP contribution >= 0.6 is 11.8 Å². The number of anilines is 2. The van der Waals surface area contributed by atoms with Gasteiger partial charge in [0.05, 0.1) is 17.9 Å². The highest BCUT2D eigenvalue weighted by Gasteiger charge is 2.26. The molecule has 0 aromatic heterocycles. The molecule has 0 radical (unpaired) electrons. The first-order valence-corrected chi connectivity index (χ1v) is 10.9. The lowest BCUT2D eigenvalue weighted by atomic mass is 9.96. The maximum atomic E-state index is 13.8. The molecule has 0 bridgehead atoms. The topological polar surface area (TPSA) is 41.6 Å². The summed E-state index contributed by atoms with van der Waals surface area (Å²) >= 11 is 1.67. The number of benzene rings is 3. The van der Waals surface area contributed by atoms with E-state index in [2.05, 4.69) is 23.5 Å². The van der Waals surface area contributed by atoms with Crippen LogP contribution in [0.1, 0.15) is 11.1 Å². The van der Waals surface area contributed by atoms with Crippen molar-refractivity contribution in [2.45, 2.75) is 18.4 Å². The number of carbonyl (C=O) groups is 1.